The first-order chi connectivity index (χ1) is 8.90. The topological polar surface area (TPSA) is 30.9 Å². The SMILES string of the molecule is Cl.NCCc1cn(-c2ccccc2)c2ccccc12. The van der Waals surface area contributed by atoms with Gasteiger partial charge in [-0.2, -0.15) is 0 Å². The van der Waals surface area contributed by atoms with Gasteiger partial charge in [0.2, 0.25) is 0 Å². The third kappa shape index (κ3) is 2.50. The molecule has 0 amide bonds. The highest BCUT2D eigenvalue weighted by atomic mass is 35.5. The lowest BCUT2D eigenvalue weighted by molar-refractivity contribution is 0.967. The van der Waals surface area contributed by atoms with Gasteiger partial charge in [0.25, 0.3) is 0 Å². The minimum absolute atomic E-state index is 0. The normalized spacial score (nSPS) is 10.4. The molecule has 2 N–H and O–H groups in total. The lowest BCUT2D eigenvalue weighted by atomic mass is 10.1. The highest BCUT2D eigenvalue weighted by Gasteiger charge is 2.08. The fourth-order valence-electron chi connectivity index (χ4n) is 2.41. The number of benzene rings is 2. The van der Waals surface area contributed by atoms with Gasteiger partial charge in [-0.05, 0) is 36.7 Å². The molecule has 0 saturated carbocycles. The van der Waals surface area contributed by atoms with E-state index < -0.39 is 0 Å². The average Bonchev–Trinajstić information content (AvgIpc) is 2.80. The molecule has 2 nitrogen and oxygen atoms in total. The average molecular weight is 273 g/mol. The highest BCUT2D eigenvalue weighted by Crippen LogP contribution is 2.24. The Hall–Kier alpha value is -1.77. The van der Waals surface area contributed by atoms with Crippen LogP contribution in [0.2, 0.25) is 0 Å². The van der Waals surface area contributed by atoms with E-state index in [-0.39, 0.29) is 12.4 Å². The Morgan fingerprint density at radius 2 is 1.58 bits per heavy atom. The van der Waals surface area contributed by atoms with Crippen LogP contribution in [0.25, 0.3) is 16.6 Å². The molecule has 2 aromatic carbocycles. The monoisotopic (exact) mass is 272 g/mol. The van der Waals surface area contributed by atoms with E-state index >= 15 is 0 Å². The number of rotatable bonds is 3. The standard InChI is InChI=1S/C16H16N2.ClH/c17-11-10-13-12-18(14-6-2-1-3-7-14)16-9-5-4-8-15(13)16;/h1-9,12H,10-11,17H2;1H. The van der Waals surface area contributed by atoms with Gasteiger partial charge in [0.05, 0.1) is 5.52 Å². The quantitative estimate of drug-likeness (QED) is 0.777. The van der Waals surface area contributed by atoms with Crippen molar-refractivity contribution < 1.29 is 0 Å². The zero-order chi connectivity index (χ0) is 12.4. The molecule has 0 fully saturated rings. The van der Waals surface area contributed by atoms with Crippen molar-refractivity contribution in [2.45, 2.75) is 6.42 Å². The van der Waals surface area contributed by atoms with Gasteiger partial charge in [-0.15, -0.1) is 12.4 Å². The minimum atomic E-state index is 0. The van der Waals surface area contributed by atoms with Crippen LogP contribution in [0.15, 0.2) is 60.8 Å². The number of halogens is 1. The first kappa shape index (κ1) is 13.7. The Morgan fingerprint density at radius 3 is 2.32 bits per heavy atom. The van der Waals surface area contributed by atoms with Crippen molar-refractivity contribution in [1.82, 2.24) is 4.57 Å². The van der Waals surface area contributed by atoms with Crippen molar-refractivity contribution in [3.8, 4) is 5.69 Å². The summed E-state index contributed by atoms with van der Waals surface area (Å²) >= 11 is 0. The Labute approximate surface area is 119 Å². The van der Waals surface area contributed by atoms with Crippen LogP contribution < -0.4 is 5.73 Å². The summed E-state index contributed by atoms with van der Waals surface area (Å²) in [6.45, 7) is 0.683. The van der Waals surface area contributed by atoms with Crippen molar-refractivity contribution in [1.29, 1.82) is 0 Å². The lowest BCUT2D eigenvalue weighted by Crippen LogP contribution is -2.02. The van der Waals surface area contributed by atoms with Crippen molar-refractivity contribution in [2.75, 3.05) is 6.54 Å². The van der Waals surface area contributed by atoms with Gasteiger partial charge < -0.3 is 10.3 Å². The summed E-state index contributed by atoms with van der Waals surface area (Å²) in [5.41, 5.74) is 9.44. The molecule has 0 radical (unpaired) electrons. The minimum Gasteiger partial charge on any atom is -0.330 e. The Morgan fingerprint density at radius 1 is 0.895 bits per heavy atom. The molecule has 0 aliphatic rings. The van der Waals surface area contributed by atoms with E-state index in [2.05, 4.69) is 59.3 Å². The molecule has 0 aliphatic heterocycles. The molecular weight excluding hydrogens is 256 g/mol. The first-order valence-corrected chi connectivity index (χ1v) is 6.24. The van der Waals surface area contributed by atoms with E-state index in [1.165, 1.54) is 22.2 Å². The van der Waals surface area contributed by atoms with E-state index in [1.54, 1.807) is 0 Å². The second-order valence-electron chi connectivity index (χ2n) is 4.42. The molecule has 1 aromatic heterocycles. The van der Waals surface area contributed by atoms with Gasteiger partial charge in [0, 0.05) is 17.3 Å². The molecule has 0 unspecified atom stereocenters. The molecule has 3 heteroatoms. The summed E-state index contributed by atoms with van der Waals surface area (Å²) in [5, 5.41) is 1.30. The second kappa shape index (κ2) is 5.91. The Kier molecular flexibility index (Phi) is 4.25. The zero-order valence-corrected chi connectivity index (χ0v) is 11.4. The molecule has 0 aliphatic carbocycles. The molecule has 0 saturated heterocycles. The molecule has 1 heterocycles. The number of hydrogen-bond donors (Lipinski definition) is 1. The molecule has 0 bridgehead atoms. The predicted molar refractivity (Wildman–Crippen MR) is 83.3 cm³/mol. The zero-order valence-electron chi connectivity index (χ0n) is 10.6. The summed E-state index contributed by atoms with van der Waals surface area (Å²) in [7, 11) is 0. The van der Waals surface area contributed by atoms with E-state index in [9.17, 15) is 0 Å². The smallest absolute Gasteiger partial charge is 0.0531 e. The van der Waals surface area contributed by atoms with E-state index in [0.29, 0.717) is 6.54 Å². The van der Waals surface area contributed by atoms with Crippen LogP contribution in [0.3, 0.4) is 0 Å². The number of nitrogens with zero attached hydrogens (tertiary/aromatic N) is 1. The van der Waals surface area contributed by atoms with Gasteiger partial charge in [-0.1, -0.05) is 36.4 Å². The molecule has 0 atom stereocenters. The van der Waals surface area contributed by atoms with Crippen molar-refractivity contribution in [3.05, 3.63) is 66.4 Å². The molecule has 3 aromatic rings. The third-order valence-corrected chi connectivity index (χ3v) is 3.24. The number of para-hydroxylation sites is 2. The van der Waals surface area contributed by atoms with Gasteiger partial charge in [-0.3, -0.25) is 0 Å². The molecule has 19 heavy (non-hydrogen) atoms. The van der Waals surface area contributed by atoms with Crippen molar-refractivity contribution >= 4 is 23.3 Å². The van der Waals surface area contributed by atoms with Crippen LogP contribution in [0.5, 0.6) is 0 Å². The van der Waals surface area contributed by atoms with E-state index in [4.69, 9.17) is 5.73 Å². The molecule has 98 valence electrons. The number of hydrogen-bond acceptors (Lipinski definition) is 1. The van der Waals surface area contributed by atoms with Crippen LogP contribution in [0, 0.1) is 0 Å². The van der Waals surface area contributed by atoms with Crippen molar-refractivity contribution in [2.24, 2.45) is 5.73 Å². The Balaban J connectivity index is 0.00000133. The van der Waals surface area contributed by atoms with Gasteiger partial charge in [-0.25, -0.2) is 0 Å². The van der Waals surface area contributed by atoms with Crippen LogP contribution in [-0.4, -0.2) is 11.1 Å². The maximum atomic E-state index is 5.69. The summed E-state index contributed by atoms with van der Waals surface area (Å²) < 4.78 is 2.24. The number of aromatic nitrogens is 1. The summed E-state index contributed by atoms with van der Waals surface area (Å²) in [5.74, 6) is 0. The largest absolute Gasteiger partial charge is 0.330 e. The first-order valence-electron chi connectivity index (χ1n) is 6.24. The van der Waals surface area contributed by atoms with Crippen LogP contribution in [0.4, 0.5) is 0 Å². The summed E-state index contributed by atoms with van der Waals surface area (Å²) in [6.07, 6.45) is 3.12. The number of nitrogens with two attached hydrogens (primary N) is 1. The van der Waals surface area contributed by atoms with E-state index in [1.807, 2.05) is 6.07 Å². The second-order valence-corrected chi connectivity index (χ2v) is 4.42. The van der Waals surface area contributed by atoms with Gasteiger partial charge >= 0.3 is 0 Å². The van der Waals surface area contributed by atoms with Gasteiger partial charge in [0.15, 0.2) is 0 Å². The van der Waals surface area contributed by atoms with E-state index in [0.717, 1.165) is 6.42 Å². The fourth-order valence-corrected chi connectivity index (χ4v) is 2.41. The lowest BCUT2D eigenvalue weighted by Gasteiger charge is -2.04. The van der Waals surface area contributed by atoms with Crippen LogP contribution >= 0.6 is 12.4 Å². The maximum Gasteiger partial charge on any atom is 0.0531 e. The predicted octanol–water partition coefficient (Wildman–Crippen LogP) is 3.55. The van der Waals surface area contributed by atoms with Crippen LogP contribution in [-0.2, 0) is 6.42 Å². The van der Waals surface area contributed by atoms with Crippen molar-refractivity contribution in [3.63, 3.8) is 0 Å². The molecule has 3 rings (SSSR count). The Bertz CT molecular complexity index is 659. The fraction of sp³-hybridized carbons (Fsp3) is 0.125. The molecule has 0 spiro atoms. The summed E-state index contributed by atoms with van der Waals surface area (Å²) in [4.78, 5) is 0. The highest BCUT2D eigenvalue weighted by molar-refractivity contribution is 5.86. The summed E-state index contributed by atoms with van der Waals surface area (Å²) in [6, 6.07) is 18.9. The maximum absolute atomic E-state index is 5.69. The third-order valence-electron chi connectivity index (χ3n) is 3.24. The van der Waals surface area contributed by atoms with Gasteiger partial charge in [0.1, 0.15) is 0 Å². The number of fused-ring (bicyclic) bond motifs is 1. The molecular formula is C16H17ClN2. The van der Waals surface area contributed by atoms with Crippen LogP contribution in [0.1, 0.15) is 5.56 Å².